The summed E-state index contributed by atoms with van der Waals surface area (Å²) in [5, 5.41) is 1.56. The fourth-order valence-electron chi connectivity index (χ4n) is 2.09. The number of hydrogen-bond donors (Lipinski definition) is 0. The molecule has 3 rings (SSSR count). The normalized spacial score (nSPS) is 11.0. The van der Waals surface area contributed by atoms with E-state index >= 15 is 0 Å². The van der Waals surface area contributed by atoms with Gasteiger partial charge in [0.05, 0.1) is 10.1 Å². The number of aromatic nitrogens is 1. The van der Waals surface area contributed by atoms with Crippen molar-refractivity contribution in [3.63, 3.8) is 0 Å². The zero-order chi connectivity index (χ0) is 13.2. The average Bonchev–Trinajstić information content (AvgIpc) is 2.75. The molecule has 3 aromatic rings. The second kappa shape index (κ2) is 5.19. The zero-order valence-corrected chi connectivity index (χ0v) is 11.7. The van der Waals surface area contributed by atoms with Gasteiger partial charge in [-0.2, -0.15) is 0 Å². The highest BCUT2D eigenvalue weighted by Crippen LogP contribution is 2.19. The molecule has 0 saturated carbocycles. The predicted molar refractivity (Wildman–Crippen MR) is 81.2 cm³/mol. The minimum atomic E-state index is 0.0904. The second-order valence-electron chi connectivity index (χ2n) is 4.34. The molecule has 4 heteroatoms. The van der Waals surface area contributed by atoms with Crippen molar-refractivity contribution in [2.24, 2.45) is 0 Å². The van der Waals surface area contributed by atoms with Crippen molar-refractivity contribution in [3.8, 4) is 0 Å². The van der Waals surface area contributed by atoms with Crippen LogP contribution in [0.3, 0.4) is 0 Å². The van der Waals surface area contributed by atoms with Gasteiger partial charge in [-0.25, -0.2) is 0 Å². The molecule has 0 spiro atoms. The zero-order valence-electron chi connectivity index (χ0n) is 10.2. The summed E-state index contributed by atoms with van der Waals surface area (Å²) in [5.41, 5.74) is 1.17. The molecular weight excluding hydrogens is 278 g/mol. The fraction of sp³-hybridized carbons (Fsp3) is 0.133. The molecule has 2 aromatic carbocycles. The van der Waals surface area contributed by atoms with Crippen LogP contribution in [-0.2, 0) is 13.0 Å². The quantitative estimate of drug-likeness (QED) is 0.715. The van der Waals surface area contributed by atoms with E-state index in [9.17, 15) is 4.79 Å². The number of fused-ring (bicyclic) bond motifs is 1. The largest absolute Gasteiger partial charge is 0.268 e. The third kappa shape index (κ3) is 2.44. The van der Waals surface area contributed by atoms with Crippen LogP contribution in [0.1, 0.15) is 5.56 Å². The van der Waals surface area contributed by atoms with E-state index in [2.05, 4.69) is 0 Å². The summed E-state index contributed by atoms with van der Waals surface area (Å²) >= 11 is 7.64. The van der Waals surface area contributed by atoms with Gasteiger partial charge < -0.3 is 0 Å². The van der Waals surface area contributed by atoms with E-state index in [-0.39, 0.29) is 5.56 Å². The van der Waals surface area contributed by atoms with E-state index in [0.717, 1.165) is 27.1 Å². The molecule has 0 aliphatic rings. The Balaban J connectivity index is 1.88. The van der Waals surface area contributed by atoms with Crippen molar-refractivity contribution in [3.05, 3.63) is 69.5 Å². The Bertz CT molecular complexity index is 775. The van der Waals surface area contributed by atoms with Crippen LogP contribution in [0.4, 0.5) is 0 Å². The number of benzene rings is 2. The molecule has 0 amide bonds. The molecule has 2 nitrogen and oxygen atoms in total. The number of halogens is 1. The summed E-state index contributed by atoms with van der Waals surface area (Å²) in [5.74, 6) is 0. The minimum Gasteiger partial charge on any atom is -0.268 e. The maximum absolute atomic E-state index is 12.2. The van der Waals surface area contributed by atoms with Gasteiger partial charge in [0.2, 0.25) is 0 Å². The highest BCUT2D eigenvalue weighted by Gasteiger charge is 2.07. The molecule has 0 fully saturated rings. The fourth-order valence-corrected chi connectivity index (χ4v) is 3.31. The SMILES string of the molecule is O=c1c2ccccc2sn1CCc1ccccc1Cl. The van der Waals surface area contributed by atoms with Crippen molar-refractivity contribution < 1.29 is 0 Å². The summed E-state index contributed by atoms with van der Waals surface area (Å²) in [6.07, 6.45) is 0.770. The van der Waals surface area contributed by atoms with Crippen LogP contribution in [0.2, 0.25) is 5.02 Å². The van der Waals surface area contributed by atoms with Gasteiger partial charge in [0, 0.05) is 11.6 Å². The second-order valence-corrected chi connectivity index (χ2v) is 5.81. The van der Waals surface area contributed by atoms with Crippen LogP contribution in [0.25, 0.3) is 10.1 Å². The standard InChI is InChI=1S/C15H12ClNOS/c16-13-7-3-1-5-11(13)9-10-17-15(18)12-6-2-4-8-14(12)19-17/h1-8H,9-10H2. The summed E-state index contributed by atoms with van der Waals surface area (Å²) < 4.78 is 2.83. The van der Waals surface area contributed by atoms with Crippen molar-refractivity contribution in [1.82, 2.24) is 3.96 Å². The summed E-state index contributed by atoms with van der Waals surface area (Å²) in [6, 6.07) is 15.5. The van der Waals surface area contributed by atoms with Crippen molar-refractivity contribution in [2.45, 2.75) is 13.0 Å². The lowest BCUT2D eigenvalue weighted by Crippen LogP contribution is -2.14. The van der Waals surface area contributed by atoms with Crippen LogP contribution in [0.5, 0.6) is 0 Å². The number of rotatable bonds is 3. The van der Waals surface area contributed by atoms with Crippen molar-refractivity contribution in [1.29, 1.82) is 0 Å². The molecule has 0 unspecified atom stereocenters. The number of hydrogen-bond acceptors (Lipinski definition) is 2. The first kappa shape index (κ1) is 12.5. The van der Waals surface area contributed by atoms with Crippen LogP contribution in [-0.4, -0.2) is 3.96 Å². The molecule has 19 heavy (non-hydrogen) atoms. The van der Waals surface area contributed by atoms with E-state index < -0.39 is 0 Å². The van der Waals surface area contributed by atoms with Crippen molar-refractivity contribution >= 4 is 33.2 Å². The first-order valence-corrected chi connectivity index (χ1v) is 7.23. The van der Waals surface area contributed by atoms with E-state index in [1.54, 1.807) is 3.96 Å². The molecular formula is C15H12ClNOS. The maximum Gasteiger partial charge on any atom is 0.268 e. The summed E-state index contributed by atoms with van der Waals surface area (Å²) in [7, 11) is 0. The van der Waals surface area contributed by atoms with E-state index in [4.69, 9.17) is 11.6 Å². The van der Waals surface area contributed by atoms with Gasteiger partial charge in [0.25, 0.3) is 5.56 Å². The lowest BCUT2D eigenvalue weighted by Gasteiger charge is -2.03. The van der Waals surface area contributed by atoms with E-state index in [1.807, 2.05) is 48.5 Å². The monoisotopic (exact) mass is 289 g/mol. The van der Waals surface area contributed by atoms with Gasteiger partial charge in [-0.3, -0.25) is 8.75 Å². The lowest BCUT2D eigenvalue weighted by molar-refractivity contribution is 0.737. The van der Waals surface area contributed by atoms with Crippen LogP contribution in [0, 0.1) is 0 Å². The Morgan fingerprint density at radius 2 is 1.79 bits per heavy atom. The molecule has 96 valence electrons. The van der Waals surface area contributed by atoms with Crippen LogP contribution >= 0.6 is 23.1 Å². The average molecular weight is 290 g/mol. The minimum absolute atomic E-state index is 0.0904. The van der Waals surface area contributed by atoms with Crippen molar-refractivity contribution in [2.75, 3.05) is 0 Å². The van der Waals surface area contributed by atoms with Crippen LogP contribution in [0.15, 0.2) is 53.3 Å². The first-order valence-electron chi connectivity index (χ1n) is 6.08. The molecule has 0 aliphatic carbocycles. The lowest BCUT2D eigenvalue weighted by atomic mass is 10.1. The Morgan fingerprint density at radius 1 is 1.05 bits per heavy atom. The summed E-state index contributed by atoms with van der Waals surface area (Å²) in [4.78, 5) is 12.2. The Kier molecular flexibility index (Phi) is 3.40. The Morgan fingerprint density at radius 3 is 2.58 bits per heavy atom. The highest BCUT2D eigenvalue weighted by molar-refractivity contribution is 7.13. The number of nitrogens with zero attached hydrogens (tertiary/aromatic N) is 1. The van der Waals surface area contributed by atoms with Gasteiger partial charge in [-0.15, -0.1) is 0 Å². The van der Waals surface area contributed by atoms with E-state index in [0.29, 0.717) is 6.54 Å². The molecule has 0 atom stereocenters. The highest BCUT2D eigenvalue weighted by atomic mass is 35.5. The molecule has 0 aliphatic heterocycles. The van der Waals surface area contributed by atoms with E-state index in [1.165, 1.54) is 11.5 Å². The third-order valence-electron chi connectivity index (χ3n) is 3.09. The molecule has 0 N–H and O–H groups in total. The molecule has 1 heterocycles. The van der Waals surface area contributed by atoms with Crippen LogP contribution < -0.4 is 5.56 Å². The molecule has 0 bridgehead atoms. The molecule has 0 saturated heterocycles. The number of aryl methyl sites for hydroxylation is 2. The topological polar surface area (TPSA) is 22.0 Å². The van der Waals surface area contributed by atoms with Gasteiger partial charge in [0.1, 0.15) is 0 Å². The molecule has 1 aromatic heterocycles. The predicted octanol–water partition coefficient (Wildman–Crippen LogP) is 3.96. The van der Waals surface area contributed by atoms with Gasteiger partial charge in [0.15, 0.2) is 0 Å². The Labute approximate surface area is 120 Å². The van der Waals surface area contributed by atoms with Gasteiger partial charge in [-0.1, -0.05) is 53.5 Å². The third-order valence-corrected chi connectivity index (χ3v) is 4.58. The van der Waals surface area contributed by atoms with Gasteiger partial charge in [-0.05, 0) is 30.2 Å². The smallest absolute Gasteiger partial charge is 0.268 e. The molecule has 0 radical (unpaired) electrons. The first-order chi connectivity index (χ1) is 9.25. The Hall–Kier alpha value is -1.58. The van der Waals surface area contributed by atoms with Gasteiger partial charge >= 0.3 is 0 Å². The maximum atomic E-state index is 12.2. The summed E-state index contributed by atoms with van der Waals surface area (Å²) in [6.45, 7) is 0.669.